The average molecular weight is 341 g/mol. The fraction of sp³-hybridized carbons (Fsp3) is 0.368. The summed E-state index contributed by atoms with van der Waals surface area (Å²) in [6.07, 6.45) is 4.88. The summed E-state index contributed by atoms with van der Waals surface area (Å²) in [6, 6.07) is 13.9. The predicted molar refractivity (Wildman–Crippen MR) is 98.3 cm³/mol. The first-order valence-electron chi connectivity index (χ1n) is 8.32. The van der Waals surface area contributed by atoms with Crippen molar-refractivity contribution in [2.75, 3.05) is 32.4 Å². The number of rotatable bonds is 4. The molecule has 0 unspecified atom stereocenters. The van der Waals surface area contributed by atoms with Crippen molar-refractivity contribution in [2.24, 2.45) is 0 Å². The number of carbonyl (C=O) groups excluding carboxylic acids is 1. The topological polar surface area (TPSA) is 36.4 Å². The highest BCUT2D eigenvalue weighted by atomic mass is 32.2. The number of pyridine rings is 1. The van der Waals surface area contributed by atoms with Gasteiger partial charge in [0, 0.05) is 49.4 Å². The fourth-order valence-electron chi connectivity index (χ4n) is 2.97. The van der Waals surface area contributed by atoms with Crippen LogP contribution in [0, 0.1) is 0 Å². The van der Waals surface area contributed by atoms with E-state index in [1.165, 1.54) is 4.90 Å². The Labute approximate surface area is 147 Å². The molecular weight excluding hydrogens is 318 g/mol. The quantitative estimate of drug-likeness (QED) is 0.801. The Morgan fingerprint density at radius 2 is 1.92 bits per heavy atom. The summed E-state index contributed by atoms with van der Waals surface area (Å²) in [4.78, 5) is 22.6. The molecule has 0 radical (unpaired) electrons. The smallest absolute Gasteiger partial charge is 0.253 e. The molecule has 0 aliphatic carbocycles. The van der Waals surface area contributed by atoms with Crippen molar-refractivity contribution >= 4 is 17.7 Å². The van der Waals surface area contributed by atoms with Crippen LogP contribution in [-0.2, 0) is 6.54 Å². The Morgan fingerprint density at radius 3 is 2.62 bits per heavy atom. The Hall–Kier alpha value is -1.85. The molecule has 1 aliphatic heterocycles. The number of carbonyl (C=O) groups is 1. The first kappa shape index (κ1) is 17.0. The minimum absolute atomic E-state index is 0.141. The summed E-state index contributed by atoms with van der Waals surface area (Å²) in [5.41, 5.74) is 1.87. The van der Waals surface area contributed by atoms with E-state index in [0.29, 0.717) is 0 Å². The lowest BCUT2D eigenvalue weighted by Gasteiger charge is -2.22. The Balaban J connectivity index is 1.59. The first-order valence-corrected chi connectivity index (χ1v) is 9.54. The second-order valence-corrected chi connectivity index (χ2v) is 6.85. The van der Waals surface area contributed by atoms with Crippen molar-refractivity contribution < 1.29 is 4.79 Å². The highest BCUT2D eigenvalue weighted by Crippen LogP contribution is 2.17. The van der Waals surface area contributed by atoms with Gasteiger partial charge in [-0.15, -0.1) is 11.8 Å². The number of thioether (sulfide) groups is 1. The first-order chi connectivity index (χ1) is 11.8. The summed E-state index contributed by atoms with van der Waals surface area (Å²) in [5, 5.41) is 0. The third-order valence-electron chi connectivity index (χ3n) is 4.32. The SMILES string of the molecule is CSc1ccc(C(=O)N2CCCN(Cc3ccccn3)CC2)cc1. The molecule has 1 amide bonds. The van der Waals surface area contributed by atoms with Gasteiger partial charge in [-0.25, -0.2) is 0 Å². The van der Waals surface area contributed by atoms with E-state index in [-0.39, 0.29) is 5.91 Å². The molecular formula is C19H23N3OS. The predicted octanol–water partition coefficient (Wildman–Crippen LogP) is 3.15. The molecule has 0 saturated carbocycles. The molecule has 1 aromatic carbocycles. The molecule has 5 heteroatoms. The van der Waals surface area contributed by atoms with Gasteiger partial charge in [0.05, 0.1) is 5.69 Å². The number of hydrogen-bond donors (Lipinski definition) is 0. The van der Waals surface area contributed by atoms with Gasteiger partial charge < -0.3 is 4.90 Å². The van der Waals surface area contributed by atoms with Crippen molar-refractivity contribution in [3.05, 3.63) is 59.9 Å². The summed E-state index contributed by atoms with van der Waals surface area (Å²) >= 11 is 1.69. The van der Waals surface area contributed by atoms with E-state index in [0.717, 1.165) is 50.4 Å². The largest absolute Gasteiger partial charge is 0.337 e. The second-order valence-electron chi connectivity index (χ2n) is 5.97. The third kappa shape index (κ3) is 4.36. The Bertz CT molecular complexity index is 660. The number of hydrogen-bond acceptors (Lipinski definition) is 4. The lowest BCUT2D eigenvalue weighted by atomic mass is 10.2. The van der Waals surface area contributed by atoms with Crippen LogP contribution < -0.4 is 0 Å². The maximum absolute atomic E-state index is 12.7. The molecule has 2 heterocycles. The van der Waals surface area contributed by atoms with Gasteiger partial charge in [-0.1, -0.05) is 6.07 Å². The number of aromatic nitrogens is 1. The molecule has 0 atom stereocenters. The lowest BCUT2D eigenvalue weighted by Crippen LogP contribution is -2.35. The van der Waals surface area contributed by atoms with E-state index in [1.54, 1.807) is 11.8 Å². The van der Waals surface area contributed by atoms with Gasteiger partial charge in [-0.05, 0) is 49.1 Å². The van der Waals surface area contributed by atoms with Crippen LogP contribution in [0.4, 0.5) is 0 Å². The van der Waals surface area contributed by atoms with Crippen LogP contribution in [0.25, 0.3) is 0 Å². The Kier molecular flexibility index (Phi) is 5.88. The lowest BCUT2D eigenvalue weighted by molar-refractivity contribution is 0.0761. The van der Waals surface area contributed by atoms with E-state index in [9.17, 15) is 4.79 Å². The zero-order valence-electron chi connectivity index (χ0n) is 14.0. The summed E-state index contributed by atoms with van der Waals surface area (Å²) in [6.45, 7) is 4.35. The normalized spacial score (nSPS) is 16.0. The van der Waals surface area contributed by atoms with Crippen LogP contribution in [0.3, 0.4) is 0 Å². The summed E-state index contributed by atoms with van der Waals surface area (Å²) in [7, 11) is 0. The molecule has 2 aromatic rings. The third-order valence-corrected chi connectivity index (χ3v) is 5.07. The molecule has 4 nitrogen and oxygen atoms in total. The molecule has 1 aromatic heterocycles. The average Bonchev–Trinajstić information content (AvgIpc) is 2.88. The molecule has 3 rings (SSSR count). The number of benzene rings is 1. The zero-order valence-corrected chi connectivity index (χ0v) is 14.8. The van der Waals surface area contributed by atoms with E-state index in [1.807, 2.05) is 53.8 Å². The molecule has 0 spiro atoms. The molecule has 24 heavy (non-hydrogen) atoms. The van der Waals surface area contributed by atoms with Crippen molar-refractivity contribution in [3.8, 4) is 0 Å². The van der Waals surface area contributed by atoms with Gasteiger partial charge in [-0.3, -0.25) is 14.7 Å². The van der Waals surface area contributed by atoms with Gasteiger partial charge in [0.15, 0.2) is 0 Å². The van der Waals surface area contributed by atoms with E-state index >= 15 is 0 Å². The van der Waals surface area contributed by atoms with Crippen LogP contribution in [0.5, 0.6) is 0 Å². The highest BCUT2D eigenvalue weighted by molar-refractivity contribution is 7.98. The molecule has 1 saturated heterocycles. The molecule has 0 N–H and O–H groups in total. The maximum Gasteiger partial charge on any atom is 0.253 e. The fourth-order valence-corrected chi connectivity index (χ4v) is 3.38. The molecule has 1 fully saturated rings. The number of amides is 1. The van der Waals surface area contributed by atoms with E-state index in [2.05, 4.69) is 16.0 Å². The van der Waals surface area contributed by atoms with Crippen molar-refractivity contribution in [2.45, 2.75) is 17.9 Å². The van der Waals surface area contributed by atoms with Crippen LogP contribution in [0.1, 0.15) is 22.5 Å². The van der Waals surface area contributed by atoms with Gasteiger partial charge in [0.1, 0.15) is 0 Å². The summed E-state index contributed by atoms with van der Waals surface area (Å²) in [5.74, 6) is 0.141. The maximum atomic E-state index is 12.7. The van der Waals surface area contributed by atoms with Crippen LogP contribution in [-0.4, -0.2) is 53.1 Å². The van der Waals surface area contributed by atoms with Crippen molar-refractivity contribution in [1.82, 2.24) is 14.8 Å². The highest BCUT2D eigenvalue weighted by Gasteiger charge is 2.20. The number of nitrogens with zero attached hydrogens (tertiary/aromatic N) is 3. The van der Waals surface area contributed by atoms with Crippen LogP contribution in [0.2, 0.25) is 0 Å². The van der Waals surface area contributed by atoms with E-state index < -0.39 is 0 Å². The van der Waals surface area contributed by atoms with Gasteiger partial charge >= 0.3 is 0 Å². The zero-order chi connectivity index (χ0) is 16.8. The van der Waals surface area contributed by atoms with Crippen molar-refractivity contribution in [1.29, 1.82) is 0 Å². The minimum Gasteiger partial charge on any atom is -0.337 e. The Morgan fingerprint density at radius 1 is 1.08 bits per heavy atom. The molecule has 126 valence electrons. The van der Waals surface area contributed by atoms with Gasteiger partial charge in [-0.2, -0.15) is 0 Å². The minimum atomic E-state index is 0.141. The van der Waals surface area contributed by atoms with Crippen LogP contribution >= 0.6 is 11.8 Å². The molecule has 1 aliphatic rings. The second kappa shape index (κ2) is 8.31. The van der Waals surface area contributed by atoms with Crippen LogP contribution in [0.15, 0.2) is 53.6 Å². The monoisotopic (exact) mass is 341 g/mol. The standard InChI is InChI=1S/C19H23N3OS/c1-24-18-8-6-16(7-9-18)19(23)22-12-4-11-21(13-14-22)15-17-5-2-3-10-20-17/h2-3,5-10H,4,11-15H2,1H3. The van der Waals surface area contributed by atoms with Gasteiger partial charge in [0.25, 0.3) is 5.91 Å². The van der Waals surface area contributed by atoms with E-state index in [4.69, 9.17) is 0 Å². The van der Waals surface area contributed by atoms with Crippen molar-refractivity contribution in [3.63, 3.8) is 0 Å². The molecule has 0 bridgehead atoms. The van der Waals surface area contributed by atoms with Gasteiger partial charge in [0.2, 0.25) is 0 Å². The summed E-state index contributed by atoms with van der Waals surface area (Å²) < 4.78 is 0.